The fourth-order valence-corrected chi connectivity index (χ4v) is 5.26. The summed E-state index contributed by atoms with van der Waals surface area (Å²) in [6.07, 6.45) is 4.29. The average Bonchev–Trinajstić information content (AvgIpc) is 3.11. The smallest absolute Gasteiger partial charge is 0.330 e. The topological polar surface area (TPSA) is 89.5 Å². The molecule has 1 aliphatic rings. The van der Waals surface area contributed by atoms with Crippen LogP contribution < -0.4 is 18.9 Å². The van der Waals surface area contributed by atoms with Gasteiger partial charge in [0.15, 0.2) is 12.2 Å². The van der Waals surface area contributed by atoms with Crippen molar-refractivity contribution in [1.82, 2.24) is 0 Å². The summed E-state index contributed by atoms with van der Waals surface area (Å²) < 4.78 is 36.0. The van der Waals surface area contributed by atoms with Crippen molar-refractivity contribution < 1.29 is 38.0 Å². The number of carbonyl (C=O) groups excluding carboxylic acids is 2. The molecule has 0 bridgehead atoms. The van der Waals surface area contributed by atoms with Gasteiger partial charge in [0.1, 0.15) is 49.4 Å². The van der Waals surface area contributed by atoms with E-state index in [9.17, 15) is 9.59 Å². The largest absolute Gasteiger partial charge is 0.490 e. The zero-order valence-corrected chi connectivity index (χ0v) is 26.4. The van der Waals surface area contributed by atoms with E-state index in [1.165, 1.54) is 5.57 Å². The Morgan fingerprint density at radius 3 is 1.53 bits per heavy atom. The number of esters is 2. The van der Waals surface area contributed by atoms with E-state index < -0.39 is 24.1 Å². The van der Waals surface area contributed by atoms with Crippen LogP contribution in [0.3, 0.4) is 0 Å². The molecule has 5 rings (SSSR count). The highest BCUT2D eigenvalue weighted by molar-refractivity contribution is 5.96. The summed E-state index contributed by atoms with van der Waals surface area (Å²) in [6.45, 7) is 9.44. The maximum absolute atomic E-state index is 12.2. The molecule has 0 N–H and O–H groups in total. The van der Waals surface area contributed by atoms with Gasteiger partial charge in [-0.3, -0.25) is 0 Å². The first-order chi connectivity index (χ1) is 22.9. The van der Waals surface area contributed by atoms with Crippen molar-refractivity contribution in [3.05, 3.63) is 133 Å². The summed E-state index contributed by atoms with van der Waals surface area (Å²) in [4.78, 5) is 24.4. The summed E-state index contributed by atoms with van der Waals surface area (Å²) in [5, 5.41) is 1.68. The zero-order chi connectivity index (χ0) is 33.0. The second kappa shape index (κ2) is 16.2. The van der Waals surface area contributed by atoms with Crippen molar-refractivity contribution >= 4 is 22.7 Å². The van der Waals surface area contributed by atoms with E-state index in [1.807, 2.05) is 84.9 Å². The highest BCUT2D eigenvalue weighted by atomic mass is 16.6. The Hall–Kier alpha value is -5.50. The van der Waals surface area contributed by atoms with Crippen LogP contribution in [0.4, 0.5) is 0 Å². The van der Waals surface area contributed by atoms with Gasteiger partial charge in [-0.1, -0.05) is 85.5 Å². The van der Waals surface area contributed by atoms with Crippen LogP contribution in [0.15, 0.2) is 122 Å². The van der Waals surface area contributed by atoms with E-state index in [0.29, 0.717) is 35.8 Å². The second-order valence-electron chi connectivity index (χ2n) is 11.0. The third-order valence-corrected chi connectivity index (χ3v) is 7.52. The van der Waals surface area contributed by atoms with Crippen LogP contribution in [-0.2, 0) is 31.9 Å². The molecule has 0 amide bonds. The third kappa shape index (κ3) is 8.82. The monoisotopic (exact) mass is 634 g/mol. The zero-order valence-electron chi connectivity index (χ0n) is 26.4. The highest BCUT2D eigenvalue weighted by Gasteiger charge is 2.26. The fourth-order valence-electron chi connectivity index (χ4n) is 5.26. The molecular formula is C39H38O8. The maximum atomic E-state index is 12.2. The summed E-state index contributed by atoms with van der Waals surface area (Å²) >= 11 is 0. The average molecular weight is 635 g/mol. The first kappa shape index (κ1) is 32.9. The quantitative estimate of drug-likeness (QED) is 0.0740. The van der Waals surface area contributed by atoms with Gasteiger partial charge in [0.05, 0.1) is 0 Å². The molecule has 47 heavy (non-hydrogen) atoms. The van der Waals surface area contributed by atoms with Gasteiger partial charge in [-0.25, -0.2) is 9.59 Å². The fraction of sp³-hybridized carbons (Fsp3) is 0.231. The standard InChI is InChI=1S/C39H38O8/c1-4-36(40)46-30(23-42-28-14-8-6-9-15-28)25-44-38-32-18-12-13-19-33(32)39(35-22-27(3)20-21-34(35)38)45-26-31(47-37(41)5-2)24-43-29-16-10-7-11-17-29/h4-20,30-31H,1-2,21-26H2,3H3. The molecule has 4 aromatic carbocycles. The van der Waals surface area contributed by atoms with Gasteiger partial charge in [0, 0.05) is 34.1 Å². The van der Waals surface area contributed by atoms with Crippen LogP contribution in [0, 0.1) is 0 Å². The Kier molecular flexibility index (Phi) is 11.3. The number of allylic oxidation sites excluding steroid dienone is 2. The lowest BCUT2D eigenvalue weighted by molar-refractivity contribution is -0.147. The second-order valence-corrected chi connectivity index (χ2v) is 11.0. The van der Waals surface area contributed by atoms with Gasteiger partial charge in [-0.15, -0.1) is 0 Å². The third-order valence-electron chi connectivity index (χ3n) is 7.52. The summed E-state index contributed by atoms with van der Waals surface area (Å²) in [7, 11) is 0. The molecule has 0 spiro atoms. The molecule has 2 atom stereocenters. The van der Waals surface area contributed by atoms with E-state index in [4.69, 9.17) is 28.4 Å². The lowest BCUT2D eigenvalue weighted by Crippen LogP contribution is -2.31. The minimum Gasteiger partial charge on any atom is -0.490 e. The van der Waals surface area contributed by atoms with Gasteiger partial charge in [0.25, 0.3) is 0 Å². The first-order valence-electron chi connectivity index (χ1n) is 15.4. The van der Waals surface area contributed by atoms with Crippen LogP contribution in [0.2, 0.25) is 0 Å². The number of rotatable bonds is 16. The van der Waals surface area contributed by atoms with Gasteiger partial charge >= 0.3 is 11.9 Å². The Labute approximate surface area is 274 Å². The number of hydrogen-bond acceptors (Lipinski definition) is 8. The summed E-state index contributed by atoms with van der Waals surface area (Å²) in [5.41, 5.74) is 3.15. The Morgan fingerprint density at radius 1 is 0.638 bits per heavy atom. The lowest BCUT2D eigenvalue weighted by Gasteiger charge is -2.27. The number of ether oxygens (including phenoxy) is 6. The van der Waals surface area contributed by atoms with Crippen LogP contribution >= 0.6 is 0 Å². The van der Waals surface area contributed by atoms with Crippen molar-refractivity contribution in [2.24, 2.45) is 0 Å². The normalized spacial score (nSPS) is 13.3. The van der Waals surface area contributed by atoms with Crippen molar-refractivity contribution in [3.63, 3.8) is 0 Å². The Bertz CT molecular complexity index is 1730. The molecular weight excluding hydrogens is 596 g/mol. The molecule has 0 saturated heterocycles. The number of para-hydroxylation sites is 2. The molecule has 242 valence electrons. The Balaban J connectivity index is 1.42. The lowest BCUT2D eigenvalue weighted by atomic mass is 9.87. The van der Waals surface area contributed by atoms with E-state index in [1.54, 1.807) is 0 Å². The van der Waals surface area contributed by atoms with Gasteiger partial charge in [0.2, 0.25) is 0 Å². The van der Waals surface area contributed by atoms with E-state index in [2.05, 4.69) is 26.2 Å². The Morgan fingerprint density at radius 2 is 1.06 bits per heavy atom. The molecule has 2 unspecified atom stereocenters. The van der Waals surface area contributed by atoms with Gasteiger partial charge in [-0.2, -0.15) is 0 Å². The predicted molar refractivity (Wildman–Crippen MR) is 180 cm³/mol. The summed E-state index contributed by atoms with van der Waals surface area (Å²) in [5.74, 6) is 1.57. The van der Waals surface area contributed by atoms with E-state index in [0.717, 1.165) is 34.1 Å². The van der Waals surface area contributed by atoms with Crippen LogP contribution in [-0.4, -0.2) is 50.6 Å². The van der Waals surface area contributed by atoms with Crippen molar-refractivity contribution in [2.45, 2.75) is 32.0 Å². The molecule has 0 saturated carbocycles. The molecule has 0 aromatic heterocycles. The number of carbonyl (C=O) groups is 2. The van der Waals surface area contributed by atoms with Crippen LogP contribution in [0.5, 0.6) is 23.0 Å². The van der Waals surface area contributed by atoms with Crippen molar-refractivity contribution in [1.29, 1.82) is 0 Å². The first-order valence-corrected chi connectivity index (χ1v) is 15.4. The number of hydrogen-bond donors (Lipinski definition) is 0. The molecule has 8 nitrogen and oxygen atoms in total. The summed E-state index contributed by atoms with van der Waals surface area (Å²) in [6, 6.07) is 26.4. The molecule has 1 aliphatic carbocycles. The maximum Gasteiger partial charge on any atom is 0.330 e. The van der Waals surface area contributed by atoms with Crippen LogP contribution in [0.1, 0.15) is 18.1 Å². The number of fused-ring (bicyclic) bond motifs is 2. The molecule has 0 fully saturated rings. The van der Waals surface area contributed by atoms with Crippen LogP contribution in [0.25, 0.3) is 10.8 Å². The molecule has 0 heterocycles. The molecule has 8 heteroatoms. The highest BCUT2D eigenvalue weighted by Crippen LogP contribution is 2.44. The molecule has 0 radical (unpaired) electrons. The molecule has 4 aromatic rings. The van der Waals surface area contributed by atoms with E-state index in [-0.39, 0.29) is 26.4 Å². The van der Waals surface area contributed by atoms with Gasteiger partial charge < -0.3 is 28.4 Å². The number of benzene rings is 4. The SMILES string of the molecule is C=CC(=O)OC(COc1ccccc1)COc1c2c(c(OCC(COc3ccccc3)OC(=O)C=C)c3ccccc13)CC(C)=CC2. The van der Waals surface area contributed by atoms with Gasteiger partial charge in [-0.05, 0) is 44.0 Å². The molecule has 0 aliphatic heterocycles. The predicted octanol–water partition coefficient (Wildman–Crippen LogP) is 7.00. The minimum absolute atomic E-state index is 0.0577. The van der Waals surface area contributed by atoms with Crippen molar-refractivity contribution in [2.75, 3.05) is 26.4 Å². The van der Waals surface area contributed by atoms with Crippen molar-refractivity contribution in [3.8, 4) is 23.0 Å². The minimum atomic E-state index is -0.698. The van der Waals surface area contributed by atoms with E-state index >= 15 is 0 Å².